The van der Waals surface area contributed by atoms with Crippen LogP contribution in [0.2, 0.25) is 5.02 Å². The first-order valence-corrected chi connectivity index (χ1v) is 8.19. The Bertz CT molecular complexity index is 769. The topological polar surface area (TPSA) is 71.4 Å². The van der Waals surface area contributed by atoms with Crippen molar-refractivity contribution in [2.45, 2.75) is 17.1 Å². The molecule has 0 saturated heterocycles. The number of benzene rings is 2. The normalized spacial score (nSPS) is 11.3. The molecule has 4 nitrogen and oxygen atoms in total. The maximum Gasteiger partial charge on any atom is 0.307 e. The van der Waals surface area contributed by atoms with Gasteiger partial charge >= 0.3 is 5.97 Å². The van der Waals surface area contributed by atoms with Crippen LogP contribution in [0.5, 0.6) is 0 Å². The second-order valence-corrected chi connectivity index (χ2v) is 6.89. The molecule has 0 spiro atoms. The summed E-state index contributed by atoms with van der Waals surface area (Å²) in [5.41, 5.74) is 0.959. The van der Waals surface area contributed by atoms with Crippen LogP contribution < -0.4 is 0 Å². The fraction of sp³-hybridized carbons (Fsp3) is 0.133. The van der Waals surface area contributed by atoms with Crippen molar-refractivity contribution >= 4 is 27.4 Å². The van der Waals surface area contributed by atoms with Gasteiger partial charge in [-0.15, -0.1) is 0 Å². The van der Waals surface area contributed by atoms with Crippen molar-refractivity contribution in [3.05, 3.63) is 64.7 Å². The number of rotatable bonds is 5. The lowest BCUT2D eigenvalue weighted by Crippen LogP contribution is -2.10. The lowest BCUT2D eigenvalue weighted by Gasteiger charge is -2.10. The summed E-state index contributed by atoms with van der Waals surface area (Å²) in [5, 5.41) is 9.04. The summed E-state index contributed by atoms with van der Waals surface area (Å²) in [5.74, 6) is -1.28. The Balaban J connectivity index is 2.38. The van der Waals surface area contributed by atoms with Crippen LogP contribution in [0.1, 0.15) is 11.1 Å². The van der Waals surface area contributed by atoms with Crippen LogP contribution in [0.15, 0.2) is 53.4 Å². The predicted octanol–water partition coefficient (Wildman–Crippen LogP) is 2.94. The number of aliphatic carboxylic acids is 1. The van der Waals surface area contributed by atoms with Gasteiger partial charge in [0.05, 0.1) is 22.1 Å². The first kappa shape index (κ1) is 15.5. The molecule has 0 aliphatic heterocycles. The molecule has 0 saturated carbocycles. The molecule has 2 aromatic rings. The highest BCUT2D eigenvalue weighted by atomic mass is 35.5. The van der Waals surface area contributed by atoms with Crippen LogP contribution >= 0.6 is 11.6 Å². The predicted molar refractivity (Wildman–Crippen MR) is 80.1 cm³/mol. The SMILES string of the molecule is O=C(O)Cc1ccccc1CS(=O)(=O)c1ccccc1Cl. The van der Waals surface area contributed by atoms with Crippen LogP contribution in [-0.2, 0) is 26.8 Å². The van der Waals surface area contributed by atoms with Crippen molar-refractivity contribution in [1.82, 2.24) is 0 Å². The fourth-order valence-electron chi connectivity index (χ4n) is 2.01. The number of hydrogen-bond donors (Lipinski definition) is 1. The molecule has 0 aliphatic carbocycles. The molecule has 110 valence electrons. The van der Waals surface area contributed by atoms with E-state index in [1.54, 1.807) is 36.4 Å². The molecule has 0 heterocycles. The molecular weight excluding hydrogens is 312 g/mol. The highest BCUT2D eigenvalue weighted by Gasteiger charge is 2.20. The monoisotopic (exact) mass is 324 g/mol. The summed E-state index contributed by atoms with van der Waals surface area (Å²) in [6.45, 7) is 0. The molecular formula is C15H13ClO4S. The zero-order valence-electron chi connectivity index (χ0n) is 11.0. The minimum Gasteiger partial charge on any atom is -0.481 e. The lowest BCUT2D eigenvalue weighted by molar-refractivity contribution is -0.136. The minimum atomic E-state index is -3.63. The van der Waals surface area contributed by atoms with E-state index in [2.05, 4.69) is 0 Å². The molecule has 0 amide bonds. The van der Waals surface area contributed by atoms with Gasteiger partial charge in [-0.2, -0.15) is 0 Å². The number of halogens is 1. The number of sulfone groups is 1. The summed E-state index contributed by atoms with van der Waals surface area (Å²) >= 11 is 5.93. The summed E-state index contributed by atoms with van der Waals surface area (Å²) < 4.78 is 24.9. The minimum absolute atomic E-state index is 0.0526. The zero-order valence-corrected chi connectivity index (χ0v) is 12.6. The summed E-state index contributed by atoms with van der Waals surface area (Å²) in [4.78, 5) is 10.9. The van der Waals surface area contributed by atoms with E-state index in [1.165, 1.54) is 12.1 Å². The molecule has 0 fully saturated rings. The third-order valence-electron chi connectivity index (χ3n) is 2.98. The third kappa shape index (κ3) is 3.83. The van der Waals surface area contributed by atoms with Gasteiger partial charge in [0.15, 0.2) is 9.84 Å². The second-order valence-electron chi connectivity index (χ2n) is 4.53. The molecule has 0 bridgehead atoms. The molecule has 0 radical (unpaired) electrons. The van der Waals surface area contributed by atoms with Crippen molar-refractivity contribution in [2.75, 3.05) is 0 Å². The first-order chi connectivity index (χ1) is 9.90. The average molecular weight is 325 g/mol. The van der Waals surface area contributed by atoms with Crippen molar-refractivity contribution in [3.63, 3.8) is 0 Å². The maximum absolute atomic E-state index is 12.4. The lowest BCUT2D eigenvalue weighted by atomic mass is 10.1. The molecule has 6 heteroatoms. The van der Waals surface area contributed by atoms with E-state index in [0.717, 1.165) is 0 Å². The molecule has 2 rings (SSSR count). The van der Waals surface area contributed by atoms with Gasteiger partial charge in [-0.05, 0) is 23.3 Å². The van der Waals surface area contributed by atoms with E-state index in [-0.39, 0.29) is 22.1 Å². The van der Waals surface area contributed by atoms with Gasteiger partial charge in [0.1, 0.15) is 0 Å². The van der Waals surface area contributed by atoms with E-state index in [1.807, 2.05) is 0 Å². The fourth-order valence-corrected chi connectivity index (χ4v) is 4.00. The molecule has 1 N–H and O–H groups in total. The van der Waals surface area contributed by atoms with Gasteiger partial charge in [0.25, 0.3) is 0 Å². The Hall–Kier alpha value is -1.85. The van der Waals surface area contributed by atoms with E-state index in [9.17, 15) is 13.2 Å². The van der Waals surface area contributed by atoms with Crippen molar-refractivity contribution in [1.29, 1.82) is 0 Å². The van der Waals surface area contributed by atoms with Crippen molar-refractivity contribution in [3.8, 4) is 0 Å². The van der Waals surface area contributed by atoms with Crippen LogP contribution in [0.4, 0.5) is 0 Å². The Morgan fingerprint density at radius 3 is 2.19 bits per heavy atom. The second kappa shape index (κ2) is 6.28. The van der Waals surface area contributed by atoms with Crippen LogP contribution in [0.25, 0.3) is 0 Å². The highest BCUT2D eigenvalue weighted by molar-refractivity contribution is 7.90. The summed E-state index contributed by atoms with van der Waals surface area (Å²) in [7, 11) is -3.63. The van der Waals surface area contributed by atoms with Gasteiger partial charge in [-0.3, -0.25) is 4.79 Å². The van der Waals surface area contributed by atoms with E-state index >= 15 is 0 Å². The van der Waals surface area contributed by atoms with E-state index < -0.39 is 15.8 Å². The van der Waals surface area contributed by atoms with Gasteiger partial charge < -0.3 is 5.11 Å². The largest absolute Gasteiger partial charge is 0.481 e. The van der Waals surface area contributed by atoms with Gasteiger partial charge in [0.2, 0.25) is 0 Å². The van der Waals surface area contributed by atoms with Gasteiger partial charge in [0, 0.05) is 0 Å². The molecule has 0 atom stereocenters. The Morgan fingerprint density at radius 2 is 1.57 bits per heavy atom. The maximum atomic E-state index is 12.4. The zero-order chi connectivity index (χ0) is 15.5. The third-order valence-corrected chi connectivity index (χ3v) is 5.14. The first-order valence-electron chi connectivity index (χ1n) is 6.16. The smallest absolute Gasteiger partial charge is 0.307 e. The van der Waals surface area contributed by atoms with Crippen LogP contribution in [0.3, 0.4) is 0 Å². The quantitative estimate of drug-likeness (QED) is 0.918. The van der Waals surface area contributed by atoms with Crippen LogP contribution in [0, 0.1) is 0 Å². The Labute approximate surface area is 127 Å². The number of carboxylic acids is 1. The summed E-state index contributed by atoms with van der Waals surface area (Å²) in [6.07, 6.45) is -0.214. The number of carboxylic acid groups (broad SMARTS) is 1. The number of hydrogen-bond acceptors (Lipinski definition) is 3. The molecule has 21 heavy (non-hydrogen) atoms. The highest BCUT2D eigenvalue weighted by Crippen LogP contribution is 2.25. The average Bonchev–Trinajstić information content (AvgIpc) is 2.40. The number of carbonyl (C=O) groups is 1. The van der Waals surface area contributed by atoms with Crippen LogP contribution in [-0.4, -0.2) is 19.5 Å². The molecule has 0 aromatic heterocycles. The summed E-state index contributed by atoms with van der Waals surface area (Å²) in [6, 6.07) is 12.8. The van der Waals surface area contributed by atoms with E-state index in [4.69, 9.17) is 16.7 Å². The van der Waals surface area contributed by atoms with Crippen molar-refractivity contribution < 1.29 is 18.3 Å². The van der Waals surface area contributed by atoms with Gasteiger partial charge in [-0.25, -0.2) is 8.42 Å². The van der Waals surface area contributed by atoms with E-state index in [0.29, 0.717) is 11.1 Å². The molecule has 0 aliphatic rings. The standard InChI is InChI=1S/C15H13ClO4S/c16-13-7-3-4-8-14(13)21(19,20)10-12-6-2-1-5-11(12)9-15(17)18/h1-8H,9-10H2,(H,17,18). The van der Waals surface area contributed by atoms with Crippen molar-refractivity contribution in [2.24, 2.45) is 0 Å². The Kier molecular flexibility index (Phi) is 4.65. The molecule has 0 unspecified atom stereocenters. The van der Waals surface area contributed by atoms with Gasteiger partial charge in [-0.1, -0.05) is 48.0 Å². The molecule has 2 aromatic carbocycles. The Morgan fingerprint density at radius 1 is 1.00 bits per heavy atom.